The minimum Gasteiger partial charge on any atom is -0.481 e. The average Bonchev–Trinajstić information content (AvgIpc) is 2.72. The van der Waals surface area contributed by atoms with Crippen molar-refractivity contribution in [2.45, 2.75) is 84.8 Å². The number of hydrogen-bond acceptors (Lipinski definition) is 7. The summed E-state index contributed by atoms with van der Waals surface area (Å²) in [6.07, 6.45) is 0.574. The molecule has 0 rings (SSSR count). The third-order valence-electron chi connectivity index (χ3n) is 4.69. The Balaban J connectivity index is 0. The standard InChI is InChI=1S/C14H27N3O3.C9H16N2O4/c1-10(2)12(16-11(19)7-6-8-18)13(20)17-14(3,4)9-15-5;1-5(2)8(9(10)15)11-6(12)3-4-7(13)14/h8,10,12,15H,6-7,9H2,1-5H3,(H,16,19)(H,17,20);5,8H,3-4H2,1-2H3,(H2,10,15)(H,11,12)(H,13,14). The SMILES string of the molecule is CC(C)C(NC(=O)CCC(=O)O)C(N)=O.CNCC(C)(C)NC(=O)C(NC(=O)CCC=O)C(C)C. The van der Waals surface area contributed by atoms with Crippen molar-refractivity contribution in [3.8, 4) is 0 Å². The second-order valence-electron chi connectivity index (χ2n) is 9.48. The molecule has 2 unspecified atom stereocenters. The van der Waals surface area contributed by atoms with E-state index in [-0.39, 0.29) is 49.3 Å². The van der Waals surface area contributed by atoms with Crippen LogP contribution in [0.4, 0.5) is 0 Å². The number of aldehydes is 1. The van der Waals surface area contributed by atoms with Crippen molar-refractivity contribution in [2.24, 2.45) is 17.6 Å². The van der Waals surface area contributed by atoms with Crippen molar-refractivity contribution in [3.05, 3.63) is 0 Å². The Kier molecular flexibility index (Phi) is 17.0. The van der Waals surface area contributed by atoms with Gasteiger partial charge >= 0.3 is 5.97 Å². The van der Waals surface area contributed by atoms with E-state index in [4.69, 9.17) is 10.8 Å². The third-order valence-corrected chi connectivity index (χ3v) is 4.69. The van der Waals surface area contributed by atoms with Crippen molar-refractivity contribution in [2.75, 3.05) is 13.6 Å². The van der Waals surface area contributed by atoms with Crippen LogP contribution in [0.1, 0.15) is 67.2 Å². The Morgan fingerprint density at radius 2 is 1.37 bits per heavy atom. The van der Waals surface area contributed by atoms with Gasteiger partial charge in [0.15, 0.2) is 0 Å². The van der Waals surface area contributed by atoms with Crippen molar-refractivity contribution in [1.29, 1.82) is 0 Å². The zero-order valence-corrected chi connectivity index (χ0v) is 21.9. The molecule has 0 fully saturated rings. The smallest absolute Gasteiger partial charge is 0.303 e. The number of nitrogens with two attached hydrogens (primary N) is 1. The fraction of sp³-hybridized carbons (Fsp3) is 0.739. The van der Waals surface area contributed by atoms with Crippen molar-refractivity contribution >= 4 is 35.9 Å². The molecule has 35 heavy (non-hydrogen) atoms. The molecule has 0 spiro atoms. The molecule has 0 aliphatic heterocycles. The molecule has 0 saturated carbocycles. The molecule has 0 aliphatic rings. The van der Waals surface area contributed by atoms with Gasteiger partial charge in [-0.15, -0.1) is 0 Å². The second-order valence-corrected chi connectivity index (χ2v) is 9.48. The predicted octanol–water partition coefficient (Wildman–Crippen LogP) is -0.302. The number of primary amides is 1. The molecule has 0 bridgehead atoms. The van der Waals surface area contributed by atoms with Crippen LogP contribution in [0.15, 0.2) is 0 Å². The van der Waals surface area contributed by atoms with Crippen LogP contribution in [-0.2, 0) is 28.8 Å². The van der Waals surface area contributed by atoms with Gasteiger partial charge in [0, 0.05) is 31.3 Å². The molecule has 0 aromatic carbocycles. The van der Waals surface area contributed by atoms with Gasteiger partial charge in [-0.3, -0.25) is 24.0 Å². The van der Waals surface area contributed by atoms with E-state index < -0.39 is 35.4 Å². The van der Waals surface area contributed by atoms with E-state index in [0.29, 0.717) is 12.8 Å². The molecule has 0 saturated heterocycles. The van der Waals surface area contributed by atoms with E-state index in [1.807, 2.05) is 34.7 Å². The molecular weight excluding hydrogens is 458 g/mol. The molecule has 0 radical (unpaired) electrons. The number of carbonyl (C=O) groups excluding carboxylic acids is 5. The molecule has 0 aliphatic carbocycles. The number of carbonyl (C=O) groups is 6. The summed E-state index contributed by atoms with van der Waals surface area (Å²) in [6, 6.07) is -1.34. The van der Waals surface area contributed by atoms with Gasteiger partial charge in [-0.2, -0.15) is 0 Å². The Morgan fingerprint density at radius 1 is 0.886 bits per heavy atom. The zero-order valence-electron chi connectivity index (χ0n) is 21.9. The molecule has 0 aromatic heterocycles. The molecule has 202 valence electrons. The van der Waals surface area contributed by atoms with Gasteiger partial charge in [0.25, 0.3) is 0 Å². The lowest BCUT2D eigenvalue weighted by Crippen LogP contribution is -2.57. The van der Waals surface area contributed by atoms with Gasteiger partial charge in [-0.25, -0.2) is 0 Å². The minimum atomic E-state index is -1.05. The third kappa shape index (κ3) is 17.1. The number of likely N-dealkylation sites (N-methyl/N-ethyl adjacent to an activating group) is 1. The molecule has 2 atom stereocenters. The van der Waals surface area contributed by atoms with Gasteiger partial charge in [-0.1, -0.05) is 27.7 Å². The lowest BCUT2D eigenvalue weighted by Gasteiger charge is -2.30. The summed E-state index contributed by atoms with van der Waals surface area (Å²) < 4.78 is 0. The summed E-state index contributed by atoms with van der Waals surface area (Å²) in [6.45, 7) is 11.7. The lowest BCUT2D eigenvalue weighted by atomic mass is 10.00. The summed E-state index contributed by atoms with van der Waals surface area (Å²) in [5.41, 5.74) is 4.68. The maximum absolute atomic E-state index is 12.3. The van der Waals surface area contributed by atoms with Gasteiger partial charge < -0.3 is 36.9 Å². The first-order chi connectivity index (χ1) is 16.1. The number of carboxylic acid groups (broad SMARTS) is 1. The number of aliphatic carboxylic acids is 1. The van der Waals surface area contributed by atoms with Gasteiger partial charge in [0.2, 0.25) is 23.6 Å². The topological polar surface area (TPSA) is 197 Å². The highest BCUT2D eigenvalue weighted by molar-refractivity contribution is 5.89. The van der Waals surface area contributed by atoms with Crippen LogP contribution in [0.3, 0.4) is 0 Å². The average molecular weight is 502 g/mol. The number of rotatable bonds is 15. The number of nitrogens with one attached hydrogen (secondary N) is 4. The summed E-state index contributed by atoms with van der Waals surface area (Å²) >= 11 is 0. The summed E-state index contributed by atoms with van der Waals surface area (Å²) in [4.78, 5) is 66.4. The van der Waals surface area contributed by atoms with Crippen LogP contribution in [0.25, 0.3) is 0 Å². The van der Waals surface area contributed by atoms with Gasteiger partial charge in [-0.05, 0) is 32.7 Å². The maximum atomic E-state index is 12.3. The maximum Gasteiger partial charge on any atom is 0.303 e. The van der Waals surface area contributed by atoms with Crippen molar-refractivity contribution in [3.63, 3.8) is 0 Å². The Labute approximate surface area is 207 Å². The first-order valence-corrected chi connectivity index (χ1v) is 11.6. The molecular formula is C23H43N5O7. The number of hydrogen-bond donors (Lipinski definition) is 6. The Hall–Kier alpha value is -3.02. The minimum absolute atomic E-state index is 0.0273. The van der Waals surface area contributed by atoms with Crippen LogP contribution in [0.5, 0.6) is 0 Å². The highest BCUT2D eigenvalue weighted by Crippen LogP contribution is 2.07. The quantitative estimate of drug-likeness (QED) is 0.164. The molecule has 12 heteroatoms. The first-order valence-electron chi connectivity index (χ1n) is 11.6. The van der Waals surface area contributed by atoms with Gasteiger partial charge in [0.05, 0.1) is 6.42 Å². The van der Waals surface area contributed by atoms with E-state index in [1.54, 1.807) is 13.8 Å². The van der Waals surface area contributed by atoms with E-state index >= 15 is 0 Å². The Morgan fingerprint density at radius 3 is 1.77 bits per heavy atom. The van der Waals surface area contributed by atoms with Crippen molar-refractivity contribution < 1.29 is 33.9 Å². The zero-order chi connectivity index (χ0) is 27.8. The molecule has 4 amide bonds. The molecule has 7 N–H and O–H groups in total. The lowest BCUT2D eigenvalue weighted by molar-refractivity contribution is -0.139. The van der Waals surface area contributed by atoms with Crippen LogP contribution >= 0.6 is 0 Å². The second kappa shape index (κ2) is 17.4. The summed E-state index contributed by atoms with van der Waals surface area (Å²) in [5, 5.41) is 19.3. The highest BCUT2D eigenvalue weighted by atomic mass is 16.4. The number of amides is 4. The van der Waals surface area contributed by atoms with Gasteiger partial charge in [0.1, 0.15) is 18.4 Å². The summed E-state index contributed by atoms with van der Waals surface area (Å²) in [5.74, 6) is -2.78. The van der Waals surface area contributed by atoms with Crippen LogP contribution < -0.4 is 27.0 Å². The van der Waals surface area contributed by atoms with Crippen LogP contribution in [0.2, 0.25) is 0 Å². The normalized spacial score (nSPS) is 12.6. The fourth-order valence-electron chi connectivity index (χ4n) is 2.90. The monoisotopic (exact) mass is 501 g/mol. The highest BCUT2D eigenvalue weighted by Gasteiger charge is 2.28. The number of carboxylic acids is 1. The summed E-state index contributed by atoms with van der Waals surface area (Å²) in [7, 11) is 1.81. The van der Waals surface area contributed by atoms with Crippen LogP contribution in [-0.4, -0.2) is 72.2 Å². The Bertz CT molecular complexity index is 723. The molecule has 12 nitrogen and oxygen atoms in total. The van der Waals surface area contributed by atoms with E-state index in [2.05, 4.69) is 21.3 Å². The molecule has 0 aromatic rings. The van der Waals surface area contributed by atoms with E-state index in [1.165, 1.54) is 0 Å². The fourth-order valence-corrected chi connectivity index (χ4v) is 2.90. The molecule has 0 heterocycles. The largest absolute Gasteiger partial charge is 0.481 e. The van der Waals surface area contributed by atoms with Crippen molar-refractivity contribution in [1.82, 2.24) is 21.3 Å². The van der Waals surface area contributed by atoms with E-state index in [0.717, 1.165) is 0 Å². The van der Waals surface area contributed by atoms with Crippen LogP contribution in [0, 0.1) is 11.8 Å². The van der Waals surface area contributed by atoms with E-state index in [9.17, 15) is 28.8 Å². The first kappa shape index (κ1) is 34.1. The predicted molar refractivity (Wildman–Crippen MR) is 131 cm³/mol.